The monoisotopic (exact) mass is 309 g/mol. The molecule has 1 aliphatic heterocycles. The van der Waals surface area contributed by atoms with E-state index in [-0.39, 0.29) is 23.9 Å². The summed E-state index contributed by atoms with van der Waals surface area (Å²) in [6.45, 7) is 1.69. The molecule has 3 atom stereocenters. The maximum Gasteiger partial charge on any atom is 0.252 e. The van der Waals surface area contributed by atoms with Crippen molar-refractivity contribution in [3.05, 3.63) is 22.4 Å². The Kier molecular flexibility index (Phi) is 4.23. The van der Waals surface area contributed by atoms with Crippen LogP contribution in [0.2, 0.25) is 0 Å². The zero-order chi connectivity index (χ0) is 14.8. The molecule has 0 unspecified atom stereocenters. The lowest BCUT2D eigenvalue weighted by Crippen LogP contribution is -2.55. The molecule has 1 saturated heterocycles. The second-order valence-electron chi connectivity index (χ2n) is 5.55. The third kappa shape index (κ3) is 3.09. The van der Waals surface area contributed by atoms with Crippen LogP contribution in [0.25, 0.3) is 0 Å². The summed E-state index contributed by atoms with van der Waals surface area (Å²) in [6, 6.07) is 1.48. The van der Waals surface area contributed by atoms with E-state index in [4.69, 9.17) is 0 Å². The van der Waals surface area contributed by atoms with Crippen LogP contribution in [0.5, 0.6) is 0 Å². The Bertz CT molecular complexity index is 520. The molecule has 2 heterocycles. The molecule has 2 fully saturated rings. The van der Waals surface area contributed by atoms with Gasteiger partial charge in [0.25, 0.3) is 5.91 Å². The Hall–Kier alpha value is -1.44. The van der Waals surface area contributed by atoms with Gasteiger partial charge in [-0.2, -0.15) is 11.3 Å². The molecule has 7 heteroatoms. The zero-order valence-corrected chi connectivity index (χ0v) is 12.4. The fourth-order valence-electron chi connectivity index (χ4n) is 3.10. The van der Waals surface area contributed by atoms with E-state index in [1.807, 2.05) is 10.3 Å². The minimum atomic E-state index is -0.626. The molecule has 1 saturated carbocycles. The summed E-state index contributed by atoms with van der Waals surface area (Å²) < 4.78 is 0. The highest BCUT2D eigenvalue weighted by Gasteiger charge is 2.40. The molecule has 0 bridgehead atoms. The van der Waals surface area contributed by atoms with Gasteiger partial charge >= 0.3 is 0 Å². The normalized spacial score (nSPS) is 30.1. The van der Waals surface area contributed by atoms with E-state index in [2.05, 4.69) is 10.6 Å². The van der Waals surface area contributed by atoms with Crippen molar-refractivity contribution in [3.8, 4) is 0 Å². The first-order valence-electron chi connectivity index (χ1n) is 7.17. The van der Waals surface area contributed by atoms with Crippen molar-refractivity contribution in [2.24, 2.45) is 0 Å². The third-order valence-electron chi connectivity index (χ3n) is 4.22. The molecule has 114 valence electrons. The molecule has 6 nitrogen and oxygen atoms in total. The number of amides is 2. The average molecular weight is 309 g/mol. The first-order valence-corrected chi connectivity index (χ1v) is 8.11. The van der Waals surface area contributed by atoms with E-state index >= 15 is 0 Å². The number of carbonyl (C=O) groups excluding carboxylic acids is 2. The molecule has 3 rings (SSSR count). The molecule has 2 aliphatic rings. The van der Waals surface area contributed by atoms with Crippen LogP contribution in [-0.4, -0.2) is 59.6 Å². The number of thiophene rings is 1. The first kappa shape index (κ1) is 14.5. The van der Waals surface area contributed by atoms with Crippen LogP contribution in [0, 0.1) is 0 Å². The number of nitrogens with zero attached hydrogens (tertiary/aromatic N) is 1. The largest absolute Gasteiger partial charge is 0.389 e. The molecule has 1 aromatic rings. The van der Waals surface area contributed by atoms with E-state index in [1.54, 1.807) is 11.4 Å². The van der Waals surface area contributed by atoms with Gasteiger partial charge in [0.1, 0.15) is 0 Å². The van der Waals surface area contributed by atoms with Crippen molar-refractivity contribution in [3.63, 3.8) is 0 Å². The summed E-state index contributed by atoms with van der Waals surface area (Å²) >= 11 is 1.47. The highest BCUT2D eigenvalue weighted by molar-refractivity contribution is 7.08. The van der Waals surface area contributed by atoms with E-state index in [0.29, 0.717) is 18.7 Å². The van der Waals surface area contributed by atoms with Crippen LogP contribution in [0.1, 0.15) is 23.2 Å². The number of hydrogen-bond donors (Lipinski definition) is 3. The van der Waals surface area contributed by atoms with Crippen molar-refractivity contribution in [1.29, 1.82) is 0 Å². The van der Waals surface area contributed by atoms with Crippen molar-refractivity contribution in [2.45, 2.75) is 31.0 Å². The molecule has 21 heavy (non-hydrogen) atoms. The minimum Gasteiger partial charge on any atom is -0.389 e. The summed E-state index contributed by atoms with van der Waals surface area (Å²) in [5.41, 5.74) is 0.632. The zero-order valence-electron chi connectivity index (χ0n) is 11.6. The number of rotatable bonds is 3. The summed E-state index contributed by atoms with van der Waals surface area (Å²) in [6.07, 6.45) is 0.904. The van der Waals surface area contributed by atoms with Crippen LogP contribution in [0.4, 0.5) is 0 Å². The van der Waals surface area contributed by atoms with Crippen molar-refractivity contribution < 1.29 is 14.7 Å². The fourth-order valence-corrected chi connectivity index (χ4v) is 3.74. The van der Waals surface area contributed by atoms with Crippen LogP contribution < -0.4 is 10.6 Å². The van der Waals surface area contributed by atoms with Crippen LogP contribution in [-0.2, 0) is 4.79 Å². The van der Waals surface area contributed by atoms with Gasteiger partial charge in [-0.3, -0.25) is 14.5 Å². The van der Waals surface area contributed by atoms with Crippen molar-refractivity contribution >= 4 is 23.2 Å². The van der Waals surface area contributed by atoms with E-state index < -0.39 is 6.10 Å². The molecule has 2 amide bonds. The van der Waals surface area contributed by atoms with Crippen LogP contribution in [0.15, 0.2) is 16.8 Å². The SMILES string of the molecule is O=C1CN([C@@H]2CC[C@@H](NC(=O)c3ccsc3)[C@H]2O)CCN1. The Balaban J connectivity index is 1.59. The highest BCUT2D eigenvalue weighted by Crippen LogP contribution is 2.25. The quantitative estimate of drug-likeness (QED) is 0.722. The van der Waals surface area contributed by atoms with Gasteiger partial charge in [-0.15, -0.1) is 0 Å². The Morgan fingerprint density at radius 3 is 3.05 bits per heavy atom. The second kappa shape index (κ2) is 6.13. The first-order chi connectivity index (χ1) is 10.1. The van der Waals surface area contributed by atoms with Gasteiger partial charge in [0.2, 0.25) is 5.91 Å². The predicted molar refractivity (Wildman–Crippen MR) is 79.2 cm³/mol. The fraction of sp³-hybridized carbons (Fsp3) is 0.571. The molecule has 1 aliphatic carbocycles. The maximum absolute atomic E-state index is 12.0. The predicted octanol–water partition coefficient (Wildman–Crippen LogP) is -0.198. The second-order valence-corrected chi connectivity index (χ2v) is 6.33. The molecular formula is C14H19N3O3S. The molecule has 1 aromatic heterocycles. The number of aliphatic hydroxyl groups is 1. The Labute approximate surface area is 127 Å². The van der Waals surface area contributed by atoms with Gasteiger partial charge in [-0.25, -0.2) is 0 Å². The van der Waals surface area contributed by atoms with Gasteiger partial charge in [-0.05, 0) is 24.3 Å². The summed E-state index contributed by atoms with van der Waals surface area (Å²) in [7, 11) is 0. The van der Waals surface area contributed by atoms with Gasteiger partial charge in [0, 0.05) is 30.1 Å². The number of piperazine rings is 1. The third-order valence-corrected chi connectivity index (χ3v) is 4.90. The molecule has 0 aromatic carbocycles. The van der Waals surface area contributed by atoms with Gasteiger partial charge < -0.3 is 15.7 Å². The number of nitrogens with one attached hydrogen (secondary N) is 2. The lowest BCUT2D eigenvalue weighted by Gasteiger charge is -2.34. The number of carbonyl (C=O) groups is 2. The lowest BCUT2D eigenvalue weighted by atomic mass is 10.1. The minimum absolute atomic E-state index is 0.000733. The van der Waals surface area contributed by atoms with Gasteiger partial charge in [0.05, 0.1) is 18.7 Å². The summed E-state index contributed by atoms with van der Waals surface area (Å²) in [5.74, 6) is -0.142. The molecule has 3 N–H and O–H groups in total. The molecule has 0 spiro atoms. The van der Waals surface area contributed by atoms with Crippen LogP contribution >= 0.6 is 11.3 Å². The summed E-state index contributed by atoms with van der Waals surface area (Å²) in [5, 5.41) is 19.8. The standard InChI is InChI=1S/C14H19N3O3S/c18-12-7-17(5-4-15-12)11-2-1-10(13(11)19)16-14(20)9-3-6-21-8-9/h3,6,8,10-11,13,19H,1-2,4-5,7H2,(H,15,18)(H,16,20)/t10-,11-,13-/m1/s1. The van der Waals surface area contributed by atoms with E-state index in [9.17, 15) is 14.7 Å². The molecule has 0 radical (unpaired) electrons. The average Bonchev–Trinajstić information content (AvgIpc) is 3.10. The lowest BCUT2D eigenvalue weighted by molar-refractivity contribution is -0.125. The molecular weight excluding hydrogens is 290 g/mol. The topological polar surface area (TPSA) is 81.7 Å². The van der Waals surface area contributed by atoms with E-state index in [1.165, 1.54) is 11.3 Å². The highest BCUT2D eigenvalue weighted by atomic mass is 32.1. The van der Waals surface area contributed by atoms with Gasteiger partial charge in [0.15, 0.2) is 0 Å². The van der Waals surface area contributed by atoms with Gasteiger partial charge in [-0.1, -0.05) is 0 Å². The van der Waals surface area contributed by atoms with Crippen molar-refractivity contribution in [2.75, 3.05) is 19.6 Å². The van der Waals surface area contributed by atoms with Crippen molar-refractivity contribution in [1.82, 2.24) is 15.5 Å². The smallest absolute Gasteiger partial charge is 0.252 e. The Morgan fingerprint density at radius 1 is 1.48 bits per heavy atom. The summed E-state index contributed by atoms with van der Waals surface area (Å²) in [4.78, 5) is 25.5. The van der Waals surface area contributed by atoms with Crippen LogP contribution in [0.3, 0.4) is 0 Å². The van der Waals surface area contributed by atoms with E-state index in [0.717, 1.165) is 19.4 Å². The Morgan fingerprint density at radius 2 is 2.33 bits per heavy atom. The number of aliphatic hydroxyl groups excluding tert-OH is 1. The number of hydrogen-bond acceptors (Lipinski definition) is 5. The maximum atomic E-state index is 12.0.